The Hall–Kier alpha value is -2.29. The Labute approximate surface area is 464 Å². The van der Waals surface area contributed by atoms with Gasteiger partial charge in [-0.15, -0.1) is 0 Å². The fourth-order valence-electron chi connectivity index (χ4n) is 9.11. The summed E-state index contributed by atoms with van der Waals surface area (Å²) in [4.78, 5) is 40.0. The quantitative estimate of drug-likeness (QED) is 0.0161. The maximum absolute atomic E-state index is 13.5. The number of phosphoric acid groups is 1. The van der Waals surface area contributed by atoms with Gasteiger partial charge in [0.15, 0.2) is 0 Å². The molecule has 3 atom stereocenters. The first-order chi connectivity index (χ1) is 36.4. The molecule has 0 bridgehead atoms. The van der Waals surface area contributed by atoms with Gasteiger partial charge >= 0.3 is 5.97 Å². The molecule has 0 saturated heterocycles. The van der Waals surface area contributed by atoms with Crippen molar-refractivity contribution in [2.24, 2.45) is 0 Å². The predicted molar refractivity (Wildman–Crippen MR) is 321 cm³/mol. The molecule has 0 aliphatic carbocycles. The molecule has 0 aromatic carbocycles. The van der Waals surface area contributed by atoms with Crippen molar-refractivity contribution in [3.05, 3.63) is 60.8 Å². The maximum Gasteiger partial charge on any atom is 0.306 e. The first kappa shape index (κ1) is 72.7. The van der Waals surface area contributed by atoms with E-state index in [4.69, 9.17) is 13.8 Å². The van der Waals surface area contributed by atoms with E-state index in [0.29, 0.717) is 17.4 Å². The smallest absolute Gasteiger partial charge is 0.306 e. The molecule has 0 fully saturated rings. The molecule has 9 nitrogen and oxygen atoms in total. The summed E-state index contributed by atoms with van der Waals surface area (Å²) in [5.41, 5.74) is 0. The third kappa shape index (κ3) is 56.2. The molecule has 0 aromatic heterocycles. The largest absolute Gasteiger partial charge is 0.756 e. The van der Waals surface area contributed by atoms with Crippen molar-refractivity contribution in [1.82, 2.24) is 5.32 Å². The minimum absolute atomic E-state index is 0.0257. The molecule has 0 radical (unpaired) electrons. The number of carbonyl (C=O) groups is 2. The van der Waals surface area contributed by atoms with E-state index in [9.17, 15) is 19.0 Å². The van der Waals surface area contributed by atoms with Gasteiger partial charge in [-0.25, -0.2) is 0 Å². The van der Waals surface area contributed by atoms with E-state index in [-0.39, 0.29) is 24.9 Å². The molecule has 0 saturated carbocycles. The first-order valence-electron chi connectivity index (χ1n) is 31.6. The molecule has 10 heteroatoms. The molecular weight excluding hydrogens is 952 g/mol. The molecule has 1 amide bonds. The summed E-state index contributed by atoms with van der Waals surface area (Å²) in [6, 6.07) is -0.895. The highest BCUT2D eigenvalue weighted by Crippen LogP contribution is 2.38. The molecule has 1 N–H and O–H groups in total. The van der Waals surface area contributed by atoms with E-state index in [1.165, 1.54) is 180 Å². The van der Waals surface area contributed by atoms with Gasteiger partial charge in [-0.2, -0.15) is 0 Å². The predicted octanol–water partition coefficient (Wildman–Crippen LogP) is 18.8. The fourth-order valence-corrected chi connectivity index (χ4v) is 9.83. The highest BCUT2D eigenvalue weighted by Gasteiger charge is 2.27. The van der Waals surface area contributed by atoms with Gasteiger partial charge < -0.3 is 28.5 Å². The number of nitrogens with zero attached hydrogens (tertiary/aromatic N) is 1. The second-order valence-corrected chi connectivity index (χ2v) is 24.0. The Bertz CT molecular complexity index is 1470. The molecule has 0 aromatic rings. The number of ether oxygens (including phenoxy) is 1. The average Bonchev–Trinajstić information content (AvgIpc) is 3.37. The normalized spacial score (nSPS) is 14.1. The topological polar surface area (TPSA) is 114 Å². The lowest BCUT2D eigenvalue weighted by Gasteiger charge is -2.30. The van der Waals surface area contributed by atoms with Gasteiger partial charge in [0.1, 0.15) is 19.3 Å². The second-order valence-electron chi connectivity index (χ2n) is 22.6. The van der Waals surface area contributed by atoms with E-state index in [1.54, 1.807) is 0 Å². The van der Waals surface area contributed by atoms with E-state index in [1.807, 2.05) is 33.3 Å². The monoisotopic (exact) mass is 1070 g/mol. The Morgan fingerprint density at radius 3 is 1.31 bits per heavy atom. The summed E-state index contributed by atoms with van der Waals surface area (Å²) in [6.45, 7) is 6.72. The van der Waals surface area contributed by atoms with Gasteiger partial charge in [-0.1, -0.05) is 262 Å². The van der Waals surface area contributed by atoms with E-state index in [2.05, 4.69) is 74.7 Å². The number of hydrogen-bond donors (Lipinski definition) is 1. The van der Waals surface area contributed by atoms with E-state index >= 15 is 0 Å². The number of amides is 1. The lowest BCUT2D eigenvalue weighted by molar-refractivity contribution is -0.870. The number of allylic oxidation sites excluding steroid dienone is 9. The van der Waals surface area contributed by atoms with Crippen molar-refractivity contribution in [3.8, 4) is 0 Å². The number of hydrogen-bond acceptors (Lipinski definition) is 7. The van der Waals surface area contributed by atoms with Crippen LogP contribution in [-0.4, -0.2) is 69.4 Å². The summed E-state index contributed by atoms with van der Waals surface area (Å²) in [7, 11) is 1.18. The third-order valence-electron chi connectivity index (χ3n) is 14.0. The number of likely N-dealkylation sites (N-methyl/N-ethyl adjacent to an activating group) is 1. The van der Waals surface area contributed by atoms with Crippen LogP contribution in [0.1, 0.15) is 290 Å². The van der Waals surface area contributed by atoms with Gasteiger partial charge in [0.05, 0.1) is 33.8 Å². The first-order valence-corrected chi connectivity index (χ1v) is 33.1. The van der Waals surface area contributed by atoms with Gasteiger partial charge in [-0.3, -0.25) is 14.2 Å². The standard InChI is InChI=1S/C65H121N2O7P/c1-7-10-13-16-19-22-25-28-30-31-32-33-34-35-37-40-43-46-49-52-55-58-65(69)74-63(56-53-50-47-44-41-38-27-24-21-18-15-12-9-3)62(61-73-75(70,71)72-60-59-67(4,5)6)66-64(68)57-54-51-48-45-42-39-36-29-26-23-20-17-14-11-8-2/h11,14,17,20,23,26,28,30,53,56,62-63H,7-10,12-13,15-16,18-19,21-22,24-25,27,29,31-52,54-55,57-61H2,1-6H3,(H-,66,68,70,71)/b14-11+,20-17+,26-23+,30-28+,56-53-. The van der Waals surface area contributed by atoms with Gasteiger partial charge in [0, 0.05) is 12.8 Å². The highest BCUT2D eigenvalue weighted by molar-refractivity contribution is 7.45. The second kappa shape index (κ2) is 55.0. The minimum Gasteiger partial charge on any atom is -0.756 e. The van der Waals surface area contributed by atoms with Crippen LogP contribution in [0.15, 0.2) is 60.8 Å². The summed E-state index contributed by atoms with van der Waals surface area (Å²) in [5, 5.41) is 3.02. The maximum atomic E-state index is 13.5. The molecule has 438 valence electrons. The molecule has 0 aliphatic heterocycles. The van der Waals surface area contributed by atoms with Crippen LogP contribution in [0.25, 0.3) is 0 Å². The Morgan fingerprint density at radius 1 is 0.480 bits per heavy atom. The third-order valence-corrected chi connectivity index (χ3v) is 15.0. The zero-order valence-electron chi connectivity index (χ0n) is 50.0. The molecule has 0 heterocycles. The van der Waals surface area contributed by atoms with Gasteiger partial charge in [0.2, 0.25) is 5.91 Å². The lowest BCUT2D eigenvalue weighted by Crippen LogP contribution is -2.47. The van der Waals surface area contributed by atoms with Crippen LogP contribution in [0.4, 0.5) is 0 Å². The SMILES string of the molecule is CC/C=C/C=C/C=C/CCCCCCCCCC(=O)NC(COP(=O)([O-])OCC[N+](C)(C)C)C(/C=C\CCCCCCCCCCCCC)OC(=O)CCCCCCCCCCCCC/C=C/CCCCCCCC. The summed E-state index contributed by atoms with van der Waals surface area (Å²) in [5.74, 6) is -0.549. The number of nitrogens with one attached hydrogen (secondary N) is 1. The van der Waals surface area contributed by atoms with Gasteiger partial charge in [0.25, 0.3) is 7.82 Å². The van der Waals surface area contributed by atoms with Crippen molar-refractivity contribution >= 4 is 19.7 Å². The molecular formula is C65H121N2O7P. The molecule has 3 unspecified atom stereocenters. The Morgan fingerprint density at radius 2 is 0.867 bits per heavy atom. The Kier molecular flexibility index (Phi) is 53.4. The zero-order valence-corrected chi connectivity index (χ0v) is 50.9. The number of quaternary nitrogens is 1. The lowest BCUT2D eigenvalue weighted by atomic mass is 10.0. The summed E-state index contributed by atoms with van der Waals surface area (Å²) in [6.07, 6.45) is 69.0. The van der Waals surface area contributed by atoms with Crippen LogP contribution in [0.2, 0.25) is 0 Å². The van der Waals surface area contributed by atoms with Crippen molar-refractivity contribution in [2.75, 3.05) is 40.9 Å². The van der Waals surface area contributed by atoms with Crippen molar-refractivity contribution < 1.29 is 37.3 Å². The van der Waals surface area contributed by atoms with Crippen LogP contribution < -0.4 is 10.2 Å². The number of rotatable bonds is 57. The van der Waals surface area contributed by atoms with E-state index in [0.717, 1.165) is 77.0 Å². The fraction of sp³-hybridized carbons (Fsp3) is 0.815. The highest BCUT2D eigenvalue weighted by atomic mass is 31.2. The van der Waals surface area contributed by atoms with E-state index < -0.39 is 26.6 Å². The van der Waals surface area contributed by atoms with Crippen molar-refractivity contribution in [1.29, 1.82) is 0 Å². The van der Waals surface area contributed by atoms with Crippen LogP contribution in [0, 0.1) is 0 Å². The van der Waals surface area contributed by atoms with Crippen LogP contribution in [-0.2, 0) is 27.9 Å². The molecule has 75 heavy (non-hydrogen) atoms. The number of esters is 1. The molecule has 0 spiro atoms. The number of carbonyl (C=O) groups excluding carboxylic acids is 2. The van der Waals surface area contributed by atoms with Crippen molar-refractivity contribution in [2.45, 2.75) is 303 Å². The number of unbranched alkanes of at least 4 members (excludes halogenated alkanes) is 35. The Balaban J connectivity index is 5.23. The average molecular weight is 1070 g/mol. The number of phosphoric ester groups is 1. The summed E-state index contributed by atoms with van der Waals surface area (Å²) >= 11 is 0. The zero-order chi connectivity index (χ0) is 55.0. The molecule has 0 rings (SSSR count). The van der Waals surface area contributed by atoms with Crippen LogP contribution in [0.3, 0.4) is 0 Å². The van der Waals surface area contributed by atoms with Crippen molar-refractivity contribution in [3.63, 3.8) is 0 Å². The van der Waals surface area contributed by atoms with Gasteiger partial charge in [-0.05, 0) is 76.7 Å². The molecule has 0 aliphatic rings. The van der Waals surface area contributed by atoms with Crippen LogP contribution in [0.5, 0.6) is 0 Å². The van der Waals surface area contributed by atoms with Crippen LogP contribution >= 0.6 is 7.82 Å². The minimum atomic E-state index is -4.70. The summed E-state index contributed by atoms with van der Waals surface area (Å²) < 4.78 is 30.3.